The van der Waals surface area contributed by atoms with Gasteiger partial charge in [-0.3, -0.25) is 4.90 Å². The average Bonchev–Trinajstić information content (AvgIpc) is 3.32. The number of nitrogens with one attached hydrogen (secondary N) is 2. The van der Waals surface area contributed by atoms with Crippen LogP contribution in [0.2, 0.25) is 0 Å². The first-order valence-corrected chi connectivity index (χ1v) is 10.6. The molecule has 3 rings (SSSR count). The molecule has 2 heterocycles. The summed E-state index contributed by atoms with van der Waals surface area (Å²) in [6.45, 7) is 6.49. The number of guanidine groups is 1. The molecule has 31 heavy (non-hydrogen) atoms. The Balaban J connectivity index is 0.00000341. The molecule has 1 aromatic heterocycles. The third-order valence-corrected chi connectivity index (χ3v) is 5.32. The van der Waals surface area contributed by atoms with Crippen LogP contribution in [0.5, 0.6) is 11.6 Å². The molecule has 1 atom stereocenters. The molecule has 1 saturated heterocycles. The van der Waals surface area contributed by atoms with Gasteiger partial charge in [0.25, 0.3) is 0 Å². The molecule has 2 N–H and O–H groups in total. The van der Waals surface area contributed by atoms with E-state index in [0.29, 0.717) is 18.5 Å². The average molecular weight is 539 g/mol. The van der Waals surface area contributed by atoms with E-state index in [-0.39, 0.29) is 24.0 Å². The van der Waals surface area contributed by atoms with Crippen molar-refractivity contribution in [2.24, 2.45) is 4.99 Å². The van der Waals surface area contributed by atoms with Crippen molar-refractivity contribution in [3.63, 3.8) is 0 Å². The fourth-order valence-corrected chi connectivity index (χ4v) is 3.70. The monoisotopic (exact) mass is 539 g/mol. The van der Waals surface area contributed by atoms with E-state index in [9.17, 15) is 0 Å². The minimum Gasteiger partial charge on any atom is -0.497 e. The fourth-order valence-electron chi connectivity index (χ4n) is 3.70. The summed E-state index contributed by atoms with van der Waals surface area (Å²) < 4.78 is 10.5. The first kappa shape index (κ1) is 25.2. The standard InChI is InChI=1S/C23H33N5O2.HI/c1-4-24-23(26-16-18-11-12-25-22(15-18)30-3)27-17-21(28-13-5-6-14-28)19-7-9-20(29-2)10-8-19;/h7-12,15,21H,4-6,13-14,16-17H2,1-3H3,(H2,24,26,27);1H. The predicted molar refractivity (Wildman–Crippen MR) is 136 cm³/mol. The summed E-state index contributed by atoms with van der Waals surface area (Å²) in [6, 6.07) is 12.6. The maximum Gasteiger partial charge on any atom is 0.213 e. The van der Waals surface area contributed by atoms with Gasteiger partial charge in [-0.15, -0.1) is 24.0 Å². The Morgan fingerprint density at radius 1 is 1.10 bits per heavy atom. The van der Waals surface area contributed by atoms with Gasteiger partial charge in [-0.05, 0) is 62.2 Å². The van der Waals surface area contributed by atoms with Gasteiger partial charge in [0.15, 0.2) is 5.96 Å². The number of pyridine rings is 1. The topological polar surface area (TPSA) is 71.0 Å². The second-order valence-electron chi connectivity index (χ2n) is 7.31. The zero-order chi connectivity index (χ0) is 21.2. The highest BCUT2D eigenvalue weighted by Gasteiger charge is 2.23. The summed E-state index contributed by atoms with van der Waals surface area (Å²) in [5.74, 6) is 2.30. The number of nitrogens with zero attached hydrogens (tertiary/aromatic N) is 3. The van der Waals surface area contributed by atoms with Gasteiger partial charge in [0.1, 0.15) is 5.75 Å². The van der Waals surface area contributed by atoms with E-state index in [0.717, 1.165) is 43.5 Å². The lowest BCUT2D eigenvalue weighted by molar-refractivity contribution is 0.245. The molecule has 8 heteroatoms. The number of halogens is 1. The van der Waals surface area contributed by atoms with Gasteiger partial charge in [0.05, 0.1) is 26.8 Å². The summed E-state index contributed by atoms with van der Waals surface area (Å²) in [6.07, 6.45) is 4.26. The molecule has 1 aliphatic heterocycles. The Hall–Kier alpha value is -2.07. The van der Waals surface area contributed by atoms with Crippen LogP contribution in [0, 0.1) is 0 Å². The lowest BCUT2D eigenvalue weighted by Crippen LogP contribution is -2.42. The van der Waals surface area contributed by atoms with Crippen LogP contribution >= 0.6 is 24.0 Å². The highest BCUT2D eigenvalue weighted by Crippen LogP contribution is 2.26. The van der Waals surface area contributed by atoms with Crippen molar-refractivity contribution in [2.75, 3.05) is 40.4 Å². The van der Waals surface area contributed by atoms with E-state index in [2.05, 4.69) is 39.6 Å². The quantitative estimate of drug-likeness (QED) is 0.288. The molecule has 170 valence electrons. The molecule has 7 nitrogen and oxygen atoms in total. The number of hydrogen-bond acceptors (Lipinski definition) is 5. The Morgan fingerprint density at radius 3 is 2.48 bits per heavy atom. The molecule has 0 spiro atoms. The summed E-state index contributed by atoms with van der Waals surface area (Å²) in [5.41, 5.74) is 2.35. The molecule has 0 bridgehead atoms. The zero-order valence-corrected chi connectivity index (χ0v) is 21.0. The van der Waals surface area contributed by atoms with Gasteiger partial charge in [-0.1, -0.05) is 12.1 Å². The van der Waals surface area contributed by atoms with Gasteiger partial charge in [-0.2, -0.15) is 0 Å². The maximum absolute atomic E-state index is 5.32. The van der Waals surface area contributed by atoms with Crippen molar-refractivity contribution in [3.05, 3.63) is 53.7 Å². The zero-order valence-electron chi connectivity index (χ0n) is 18.6. The molecule has 1 aliphatic rings. The van der Waals surface area contributed by atoms with Crippen molar-refractivity contribution >= 4 is 29.9 Å². The van der Waals surface area contributed by atoms with Gasteiger partial charge >= 0.3 is 0 Å². The predicted octanol–water partition coefficient (Wildman–Crippen LogP) is 3.61. The number of hydrogen-bond donors (Lipinski definition) is 2. The van der Waals surface area contributed by atoms with Crippen LogP contribution in [0.3, 0.4) is 0 Å². The van der Waals surface area contributed by atoms with Gasteiger partial charge in [0.2, 0.25) is 5.88 Å². The van der Waals surface area contributed by atoms with Crippen LogP contribution in [-0.2, 0) is 6.54 Å². The van der Waals surface area contributed by atoms with E-state index in [1.807, 2.05) is 24.3 Å². The number of benzene rings is 1. The van der Waals surface area contributed by atoms with E-state index in [1.54, 1.807) is 20.4 Å². The number of methoxy groups -OCH3 is 2. The van der Waals surface area contributed by atoms with Crippen molar-refractivity contribution in [1.29, 1.82) is 0 Å². The van der Waals surface area contributed by atoms with E-state index >= 15 is 0 Å². The van der Waals surface area contributed by atoms with Crippen LogP contribution in [0.4, 0.5) is 0 Å². The summed E-state index contributed by atoms with van der Waals surface area (Å²) in [7, 11) is 3.32. The summed E-state index contributed by atoms with van der Waals surface area (Å²) in [5, 5.41) is 6.89. The fraction of sp³-hybridized carbons (Fsp3) is 0.478. The van der Waals surface area contributed by atoms with Crippen molar-refractivity contribution in [3.8, 4) is 11.6 Å². The third kappa shape index (κ3) is 7.53. The molecule has 0 aliphatic carbocycles. The van der Waals surface area contributed by atoms with Crippen molar-refractivity contribution in [1.82, 2.24) is 20.5 Å². The van der Waals surface area contributed by atoms with E-state index in [1.165, 1.54) is 18.4 Å². The Bertz CT molecular complexity index is 810. The van der Waals surface area contributed by atoms with Crippen LogP contribution in [0.1, 0.15) is 36.9 Å². The number of rotatable bonds is 9. The molecule has 0 saturated carbocycles. The largest absolute Gasteiger partial charge is 0.497 e. The molecule has 1 unspecified atom stereocenters. The smallest absolute Gasteiger partial charge is 0.213 e. The van der Waals surface area contributed by atoms with Gasteiger partial charge in [0, 0.05) is 25.4 Å². The SMILES string of the molecule is CCNC(=NCc1ccnc(OC)c1)NCC(c1ccc(OC)cc1)N1CCCC1.I. The highest BCUT2D eigenvalue weighted by molar-refractivity contribution is 14.0. The summed E-state index contributed by atoms with van der Waals surface area (Å²) >= 11 is 0. The number of aliphatic imine (C=N–C) groups is 1. The second-order valence-corrected chi connectivity index (χ2v) is 7.31. The minimum atomic E-state index is 0. The van der Waals surface area contributed by atoms with Crippen molar-refractivity contribution in [2.45, 2.75) is 32.4 Å². The van der Waals surface area contributed by atoms with Gasteiger partial charge in [-0.25, -0.2) is 9.98 Å². The molecular formula is C23H34IN5O2. The maximum atomic E-state index is 5.32. The number of ether oxygens (including phenoxy) is 2. The van der Waals surface area contributed by atoms with Crippen LogP contribution in [0.25, 0.3) is 0 Å². The normalized spacial score (nSPS) is 15.1. The molecule has 1 aromatic carbocycles. The molecular weight excluding hydrogens is 505 g/mol. The van der Waals surface area contributed by atoms with Crippen LogP contribution in [-0.4, -0.2) is 56.2 Å². The molecule has 1 fully saturated rings. The molecule has 0 radical (unpaired) electrons. The molecule has 0 amide bonds. The van der Waals surface area contributed by atoms with Crippen molar-refractivity contribution < 1.29 is 9.47 Å². The first-order chi connectivity index (χ1) is 14.7. The Labute approximate surface area is 202 Å². The first-order valence-electron chi connectivity index (χ1n) is 10.6. The van der Waals surface area contributed by atoms with Crippen LogP contribution in [0.15, 0.2) is 47.6 Å². The summed E-state index contributed by atoms with van der Waals surface area (Å²) in [4.78, 5) is 11.5. The lowest BCUT2D eigenvalue weighted by Gasteiger charge is -2.29. The van der Waals surface area contributed by atoms with Crippen LogP contribution < -0.4 is 20.1 Å². The number of aromatic nitrogens is 1. The lowest BCUT2D eigenvalue weighted by atomic mass is 10.1. The minimum absolute atomic E-state index is 0. The molecule has 2 aromatic rings. The van der Waals surface area contributed by atoms with E-state index < -0.39 is 0 Å². The highest BCUT2D eigenvalue weighted by atomic mass is 127. The van der Waals surface area contributed by atoms with E-state index in [4.69, 9.17) is 14.5 Å². The Kier molecular flexibility index (Phi) is 10.9. The van der Waals surface area contributed by atoms with Gasteiger partial charge < -0.3 is 20.1 Å². The third-order valence-electron chi connectivity index (χ3n) is 5.32. The number of likely N-dealkylation sites (tertiary alicyclic amines) is 1. The second kappa shape index (κ2) is 13.4. The Morgan fingerprint density at radius 2 is 1.84 bits per heavy atom.